The molecule has 2 atom stereocenters. The van der Waals surface area contributed by atoms with Crippen LogP contribution < -0.4 is 0 Å². The van der Waals surface area contributed by atoms with E-state index in [2.05, 4.69) is 11.8 Å². The molecule has 9 heavy (non-hydrogen) atoms. The van der Waals surface area contributed by atoms with Crippen molar-refractivity contribution in [2.75, 3.05) is 13.1 Å². The predicted octanol–water partition coefficient (Wildman–Crippen LogP) is 1.49. The second-order valence-electron chi connectivity index (χ2n) is 3.63. The van der Waals surface area contributed by atoms with Crippen molar-refractivity contribution < 1.29 is 0 Å². The Hall–Kier alpha value is -0.0400. The number of nitrogens with zero attached hydrogens (tertiary/aromatic N) is 1. The summed E-state index contributed by atoms with van der Waals surface area (Å²) in [6, 6.07) is 0.986. The zero-order valence-corrected chi connectivity index (χ0v) is 6.14. The van der Waals surface area contributed by atoms with Crippen molar-refractivity contribution in [3.05, 3.63) is 0 Å². The molecule has 52 valence electrons. The van der Waals surface area contributed by atoms with Gasteiger partial charge in [-0.25, -0.2) is 0 Å². The Morgan fingerprint density at radius 3 is 3.11 bits per heavy atom. The molecule has 0 aromatic carbocycles. The zero-order chi connectivity index (χ0) is 6.27. The van der Waals surface area contributed by atoms with E-state index in [1.54, 1.807) is 0 Å². The standard InChI is InChI=1S/C8H15N/c1-7-5-8-3-2-4-9(8)6-7/h7-8H,2-6H2,1H3/t7-,8+/m0/s1. The van der Waals surface area contributed by atoms with Gasteiger partial charge in [0.2, 0.25) is 0 Å². The Morgan fingerprint density at radius 1 is 1.44 bits per heavy atom. The monoisotopic (exact) mass is 125 g/mol. The maximum atomic E-state index is 2.66. The summed E-state index contributed by atoms with van der Waals surface area (Å²) >= 11 is 0. The van der Waals surface area contributed by atoms with E-state index in [0.717, 1.165) is 12.0 Å². The van der Waals surface area contributed by atoms with Gasteiger partial charge < -0.3 is 4.90 Å². The lowest BCUT2D eigenvalue weighted by Crippen LogP contribution is -2.22. The van der Waals surface area contributed by atoms with Gasteiger partial charge in [-0.1, -0.05) is 6.92 Å². The van der Waals surface area contributed by atoms with Crippen molar-refractivity contribution in [3.63, 3.8) is 0 Å². The minimum absolute atomic E-state index is 0.982. The van der Waals surface area contributed by atoms with Crippen molar-refractivity contribution in [2.24, 2.45) is 5.92 Å². The van der Waals surface area contributed by atoms with Gasteiger partial charge in [0.05, 0.1) is 0 Å². The fraction of sp³-hybridized carbons (Fsp3) is 1.00. The third kappa shape index (κ3) is 0.877. The van der Waals surface area contributed by atoms with Crippen LogP contribution in [-0.2, 0) is 0 Å². The molecule has 2 saturated heterocycles. The van der Waals surface area contributed by atoms with Gasteiger partial charge in [0.25, 0.3) is 0 Å². The Bertz CT molecular complexity index is 99.1. The molecule has 2 heterocycles. The van der Waals surface area contributed by atoms with E-state index in [0.29, 0.717) is 0 Å². The lowest BCUT2D eigenvalue weighted by atomic mass is 10.1. The molecule has 0 aromatic heterocycles. The molecule has 2 rings (SSSR count). The van der Waals surface area contributed by atoms with Crippen molar-refractivity contribution in [2.45, 2.75) is 32.2 Å². The molecular weight excluding hydrogens is 110 g/mol. The fourth-order valence-electron chi connectivity index (χ4n) is 2.34. The molecule has 0 N–H and O–H groups in total. The van der Waals surface area contributed by atoms with E-state index in [1.807, 2.05) is 0 Å². The van der Waals surface area contributed by atoms with Gasteiger partial charge in [-0.15, -0.1) is 0 Å². The van der Waals surface area contributed by atoms with Gasteiger partial charge in [0.1, 0.15) is 0 Å². The molecule has 2 aliphatic heterocycles. The lowest BCUT2D eigenvalue weighted by Gasteiger charge is -2.12. The summed E-state index contributed by atoms with van der Waals surface area (Å²) in [5.41, 5.74) is 0. The number of rotatable bonds is 0. The molecule has 0 unspecified atom stereocenters. The van der Waals surface area contributed by atoms with Gasteiger partial charge in [0.15, 0.2) is 0 Å². The first-order valence-electron chi connectivity index (χ1n) is 4.10. The molecule has 1 nitrogen and oxygen atoms in total. The molecule has 2 fully saturated rings. The van der Waals surface area contributed by atoms with Crippen LogP contribution in [0.1, 0.15) is 26.2 Å². The predicted molar refractivity (Wildman–Crippen MR) is 38.4 cm³/mol. The van der Waals surface area contributed by atoms with Gasteiger partial charge in [-0.05, 0) is 31.7 Å². The first-order valence-corrected chi connectivity index (χ1v) is 4.10. The Balaban J connectivity index is 2.02. The summed E-state index contributed by atoms with van der Waals surface area (Å²) in [6.07, 6.45) is 4.40. The highest BCUT2D eigenvalue weighted by atomic mass is 15.2. The summed E-state index contributed by atoms with van der Waals surface area (Å²) in [7, 11) is 0. The summed E-state index contributed by atoms with van der Waals surface area (Å²) < 4.78 is 0. The second kappa shape index (κ2) is 1.98. The molecule has 0 radical (unpaired) electrons. The van der Waals surface area contributed by atoms with E-state index in [4.69, 9.17) is 0 Å². The summed E-state index contributed by atoms with van der Waals surface area (Å²) in [4.78, 5) is 2.66. The van der Waals surface area contributed by atoms with Crippen molar-refractivity contribution in [1.29, 1.82) is 0 Å². The van der Waals surface area contributed by atoms with Crippen molar-refractivity contribution >= 4 is 0 Å². The number of hydrogen-bond donors (Lipinski definition) is 0. The summed E-state index contributed by atoms with van der Waals surface area (Å²) in [5, 5.41) is 0. The highest BCUT2D eigenvalue weighted by molar-refractivity contribution is 4.87. The van der Waals surface area contributed by atoms with Crippen LogP contribution in [0, 0.1) is 5.92 Å². The minimum atomic E-state index is 0.982. The Morgan fingerprint density at radius 2 is 2.33 bits per heavy atom. The van der Waals surface area contributed by atoms with E-state index < -0.39 is 0 Å². The first kappa shape index (κ1) is 5.72. The largest absolute Gasteiger partial charge is 0.300 e. The lowest BCUT2D eigenvalue weighted by molar-refractivity contribution is 0.319. The third-order valence-corrected chi connectivity index (χ3v) is 2.72. The molecular formula is C8H15N. The topological polar surface area (TPSA) is 3.24 Å². The molecule has 0 spiro atoms. The Kier molecular flexibility index (Phi) is 1.26. The highest BCUT2D eigenvalue weighted by Gasteiger charge is 2.32. The molecule has 2 aliphatic rings. The van der Waals surface area contributed by atoms with Gasteiger partial charge in [0, 0.05) is 12.6 Å². The van der Waals surface area contributed by atoms with Crippen LogP contribution in [0.2, 0.25) is 0 Å². The maximum absolute atomic E-state index is 2.66. The maximum Gasteiger partial charge on any atom is 0.00988 e. The van der Waals surface area contributed by atoms with Crippen LogP contribution in [0.5, 0.6) is 0 Å². The van der Waals surface area contributed by atoms with E-state index >= 15 is 0 Å². The Labute approximate surface area is 57.0 Å². The summed E-state index contributed by atoms with van der Waals surface area (Å²) in [6.45, 7) is 5.14. The van der Waals surface area contributed by atoms with Crippen LogP contribution in [0.4, 0.5) is 0 Å². The third-order valence-electron chi connectivity index (χ3n) is 2.72. The molecule has 0 amide bonds. The minimum Gasteiger partial charge on any atom is -0.300 e. The second-order valence-corrected chi connectivity index (χ2v) is 3.63. The highest BCUT2D eigenvalue weighted by Crippen LogP contribution is 2.30. The van der Waals surface area contributed by atoms with E-state index in [1.165, 1.54) is 32.4 Å². The molecule has 0 aromatic rings. The quantitative estimate of drug-likeness (QED) is 0.474. The molecule has 1 heteroatoms. The van der Waals surface area contributed by atoms with Crippen molar-refractivity contribution in [1.82, 2.24) is 4.90 Å². The molecule has 0 saturated carbocycles. The number of fused-ring (bicyclic) bond motifs is 1. The molecule has 0 bridgehead atoms. The van der Waals surface area contributed by atoms with Gasteiger partial charge >= 0.3 is 0 Å². The zero-order valence-electron chi connectivity index (χ0n) is 6.14. The summed E-state index contributed by atoms with van der Waals surface area (Å²) in [5.74, 6) is 0.982. The van der Waals surface area contributed by atoms with Gasteiger partial charge in [-0.2, -0.15) is 0 Å². The average molecular weight is 125 g/mol. The van der Waals surface area contributed by atoms with Crippen LogP contribution in [0.25, 0.3) is 0 Å². The van der Waals surface area contributed by atoms with E-state index in [9.17, 15) is 0 Å². The fourth-order valence-corrected chi connectivity index (χ4v) is 2.34. The van der Waals surface area contributed by atoms with Gasteiger partial charge in [-0.3, -0.25) is 0 Å². The average Bonchev–Trinajstić information content (AvgIpc) is 2.22. The van der Waals surface area contributed by atoms with Crippen LogP contribution in [0.3, 0.4) is 0 Å². The first-order chi connectivity index (χ1) is 4.36. The van der Waals surface area contributed by atoms with E-state index in [-0.39, 0.29) is 0 Å². The van der Waals surface area contributed by atoms with Crippen LogP contribution >= 0.6 is 0 Å². The smallest absolute Gasteiger partial charge is 0.00988 e. The molecule has 0 aliphatic carbocycles. The normalized spacial score (nSPS) is 43.7. The SMILES string of the molecule is C[C@H]1C[C@H]2CCCN2C1. The van der Waals surface area contributed by atoms with Crippen LogP contribution in [0.15, 0.2) is 0 Å². The van der Waals surface area contributed by atoms with Crippen LogP contribution in [-0.4, -0.2) is 24.0 Å². The van der Waals surface area contributed by atoms with Crippen molar-refractivity contribution in [3.8, 4) is 0 Å². The number of hydrogen-bond acceptors (Lipinski definition) is 1.